The van der Waals surface area contributed by atoms with Crippen LogP contribution < -0.4 is 0 Å². The van der Waals surface area contributed by atoms with E-state index in [0.29, 0.717) is 23.7 Å². The molecule has 0 spiro atoms. The lowest BCUT2D eigenvalue weighted by Crippen LogP contribution is -2.41. The summed E-state index contributed by atoms with van der Waals surface area (Å²) in [5.41, 5.74) is 0.423. The van der Waals surface area contributed by atoms with Gasteiger partial charge in [-0.3, -0.25) is 9.69 Å². The second kappa shape index (κ2) is 6.14. The van der Waals surface area contributed by atoms with Crippen LogP contribution in [0.2, 0.25) is 5.02 Å². The number of carbonyl (C=O) groups excluding carboxylic acids is 1. The Bertz CT molecular complexity index is 482. The van der Waals surface area contributed by atoms with Gasteiger partial charge in [-0.05, 0) is 38.1 Å². The number of nitrogens with zero attached hydrogens (tertiary/aromatic N) is 1. The number of hydrogen-bond donors (Lipinski definition) is 0. The smallest absolute Gasteiger partial charge is 0.296 e. The van der Waals surface area contributed by atoms with Crippen molar-refractivity contribution in [3.05, 3.63) is 34.9 Å². The minimum absolute atomic E-state index is 0.0549. The fraction of sp³-hybridized carbons (Fsp3) is 0.500. The highest BCUT2D eigenvalue weighted by Gasteiger charge is 2.41. The second-order valence-electron chi connectivity index (χ2n) is 5.00. The van der Waals surface area contributed by atoms with Crippen LogP contribution in [0.5, 0.6) is 0 Å². The monoisotopic (exact) mass is 305 g/mol. The first-order chi connectivity index (χ1) is 9.38. The topological polar surface area (TPSA) is 20.3 Å². The summed E-state index contributed by atoms with van der Waals surface area (Å²) < 4.78 is 37.6. The summed E-state index contributed by atoms with van der Waals surface area (Å²) >= 11 is 5.93. The highest BCUT2D eigenvalue weighted by atomic mass is 35.5. The molecule has 20 heavy (non-hydrogen) atoms. The van der Waals surface area contributed by atoms with Crippen LogP contribution in [0.25, 0.3) is 0 Å². The van der Waals surface area contributed by atoms with Crippen molar-refractivity contribution in [2.75, 3.05) is 19.6 Å². The second-order valence-corrected chi connectivity index (χ2v) is 5.40. The van der Waals surface area contributed by atoms with Gasteiger partial charge in [0, 0.05) is 5.56 Å². The van der Waals surface area contributed by atoms with Gasteiger partial charge in [-0.25, -0.2) is 0 Å². The van der Waals surface area contributed by atoms with Crippen LogP contribution in [0.15, 0.2) is 24.3 Å². The molecular weight excluding hydrogens is 291 g/mol. The number of rotatable bonds is 3. The Hall–Kier alpha value is -1.07. The van der Waals surface area contributed by atoms with E-state index in [0.717, 1.165) is 0 Å². The van der Waals surface area contributed by atoms with E-state index in [1.807, 2.05) is 0 Å². The molecule has 1 fully saturated rings. The van der Waals surface area contributed by atoms with E-state index >= 15 is 0 Å². The predicted octanol–water partition coefficient (Wildman–Crippen LogP) is 3.80. The van der Waals surface area contributed by atoms with Gasteiger partial charge in [-0.1, -0.05) is 23.7 Å². The standard InChI is InChI=1S/C14H15ClF3NO/c15-12-4-2-1-3-11(12)13(20)9-19-7-5-10(6-8-19)14(16,17)18/h1-4,10H,5-9H2. The summed E-state index contributed by atoms with van der Waals surface area (Å²) in [5.74, 6) is -1.39. The largest absolute Gasteiger partial charge is 0.391 e. The van der Waals surface area contributed by atoms with E-state index in [-0.39, 0.29) is 25.2 Å². The maximum atomic E-state index is 12.5. The van der Waals surface area contributed by atoms with Crippen LogP contribution in [0.3, 0.4) is 0 Å². The molecule has 1 saturated heterocycles. The highest BCUT2D eigenvalue weighted by Crippen LogP contribution is 2.34. The minimum atomic E-state index is -4.13. The lowest BCUT2D eigenvalue weighted by atomic mass is 9.96. The van der Waals surface area contributed by atoms with Crippen molar-refractivity contribution in [2.45, 2.75) is 19.0 Å². The number of benzene rings is 1. The van der Waals surface area contributed by atoms with Crippen LogP contribution in [0.1, 0.15) is 23.2 Å². The minimum Gasteiger partial charge on any atom is -0.296 e. The van der Waals surface area contributed by atoms with Crippen molar-refractivity contribution in [1.82, 2.24) is 4.90 Å². The molecule has 2 rings (SSSR count). The molecule has 1 aromatic carbocycles. The van der Waals surface area contributed by atoms with Crippen LogP contribution in [-0.2, 0) is 0 Å². The summed E-state index contributed by atoms with van der Waals surface area (Å²) in [5, 5.41) is 0.377. The molecule has 1 aliphatic heterocycles. The van der Waals surface area contributed by atoms with Crippen LogP contribution in [0.4, 0.5) is 13.2 Å². The van der Waals surface area contributed by atoms with Gasteiger partial charge < -0.3 is 0 Å². The zero-order valence-corrected chi connectivity index (χ0v) is 11.5. The summed E-state index contributed by atoms with van der Waals surface area (Å²) in [7, 11) is 0. The Balaban J connectivity index is 1.90. The van der Waals surface area contributed by atoms with Gasteiger partial charge in [0.1, 0.15) is 0 Å². The first-order valence-corrected chi connectivity index (χ1v) is 6.82. The lowest BCUT2D eigenvalue weighted by Gasteiger charge is -2.32. The van der Waals surface area contributed by atoms with E-state index in [4.69, 9.17) is 11.6 Å². The van der Waals surface area contributed by atoms with Crippen molar-refractivity contribution in [3.63, 3.8) is 0 Å². The zero-order valence-electron chi connectivity index (χ0n) is 10.8. The molecular formula is C14H15ClF3NO. The van der Waals surface area contributed by atoms with Crippen molar-refractivity contribution < 1.29 is 18.0 Å². The summed E-state index contributed by atoms with van der Waals surface area (Å²) in [6.07, 6.45) is -4.02. The number of halogens is 4. The molecule has 0 aliphatic carbocycles. The fourth-order valence-electron chi connectivity index (χ4n) is 2.39. The van der Waals surface area contributed by atoms with Gasteiger partial charge in [0.05, 0.1) is 17.5 Å². The predicted molar refractivity (Wildman–Crippen MR) is 71.0 cm³/mol. The number of alkyl halides is 3. The van der Waals surface area contributed by atoms with Gasteiger partial charge in [-0.2, -0.15) is 13.2 Å². The number of piperidine rings is 1. The molecule has 0 atom stereocenters. The number of carbonyl (C=O) groups is 1. The number of likely N-dealkylation sites (tertiary alicyclic amines) is 1. The third-order valence-electron chi connectivity index (χ3n) is 3.59. The molecule has 1 aliphatic rings. The maximum Gasteiger partial charge on any atom is 0.391 e. The van der Waals surface area contributed by atoms with Crippen molar-refractivity contribution >= 4 is 17.4 Å². The SMILES string of the molecule is O=C(CN1CCC(C(F)(F)F)CC1)c1ccccc1Cl. The van der Waals surface area contributed by atoms with Gasteiger partial charge in [0.15, 0.2) is 5.78 Å². The average molecular weight is 306 g/mol. The molecule has 0 radical (unpaired) electrons. The van der Waals surface area contributed by atoms with Gasteiger partial charge >= 0.3 is 6.18 Å². The summed E-state index contributed by atoms with van der Waals surface area (Å²) in [4.78, 5) is 13.8. The van der Waals surface area contributed by atoms with E-state index in [2.05, 4.69) is 0 Å². The van der Waals surface area contributed by atoms with Crippen molar-refractivity contribution in [3.8, 4) is 0 Å². The fourth-order valence-corrected chi connectivity index (χ4v) is 2.64. The Morgan fingerprint density at radius 2 is 1.85 bits per heavy atom. The van der Waals surface area contributed by atoms with Crippen LogP contribution in [0, 0.1) is 5.92 Å². The van der Waals surface area contributed by atoms with Gasteiger partial charge in [-0.15, -0.1) is 0 Å². The number of Topliss-reactive ketones (excluding diaryl/α,β-unsaturated/α-hetero) is 1. The van der Waals surface area contributed by atoms with E-state index in [9.17, 15) is 18.0 Å². The summed E-state index contributed by atoms with van der Waals surface area (Å²) in [6.45, 7) is 0.703. The van der Waals surface area contributed by atoms with E-state index in [1.54, 1.807) is 29.2 Å². The molecule has 6 heteroatoms. The Labute approximate surface area is 120 Å². The maximum absolute atomic E-state index is 12.5. The third-order valence-corrected chi connectivity index (χ3v) is 3.92. The molecule has 2 nitrogen and oxygen atoms in total. The molecule has 0 amide bonds. The quantitative estimate of drug-likeness (QED) is 0.792. The Morgan fingerprint density at radius 3 is 2.40 bits per heavy atom. The van der Waals surface area contributed by atoms with Crippen molar-refractivity contribution in [2.24, 2.45) is 5.92 Å². The third kappa shape index (κ3) is 3.73. The number of ketones is 1. The Morgan fingerprint density at radius 1 is 1.25 bits per heavy atom. The molecule has 0 unspecified atom stereocenters. The molecule has 0 N–H and O–H groups in total. The van der Waals surface area contributed by atoms with Crippen molar-refractivity contribution in [1.29, 1.82) is 0 Å². The molecule has 1 aromatic rings. The highest BCUT2D eigenvalue weighted by molar-refractivity contribution is 6.34. The average Bonchev–Trinajstić information content (AvgIpc) is 2.38. The molecule has 0 bridgehead atoms. The number of hydrogen-bond acceptors (Lipinski definition) is 2. The van der Waals surface area contributed by atoms with E-state index < -0.39 is 12.1 Å². The molecule has 0 aromatic heterocycles. The molecule has 0 saturated carbocycles. The first-order valence-electron chi connectivity index (χ1n) is 6.44. The van der Waals surface area contributed by atoms with Gasteiger partial charge in [0.2, 0.25) is 0 Å². The summed E-state index contributed by atoms with van der Waals surface area (Å²) in [6, 6.07) is 6.71. The van der Waals surface area contributed by atoms with E-state index in [1.165, 1.54) is 0 Å². The van der Waals surface area contributed by atoms with Crippen LogP contribution >= 0.6 is 11.6 Å². The zero-order chi connectivity index (χ0) is 14.8. The first kappa shape index (κ1) is 15.3. The van der Waals surface area contributed by atoms with Crippen LogP contribution in [-0.4, -0.2) is 36.5 Å². The normalized spacial score (nSPS) is 18.2. The lowest BCUT2D eigenvalue weighted by molar-refractivity contribution is -0.184. The molecule has 110 valence electrons. The van der Waals surface area contributed by atoms with Gasteiger partial charge in [0.25, 0.3) is 0 Å². The molecule has 1 heterocycles. The Kier molecular flexibility index (Phi) is 4.70.